The third kappa shape index (κ3) is 2.53. The van der Waals surface area contributed by atoms with Crippen molar-refractivity contribution < 1.29 is 4.79 Å². The highest BCUT2D eigenvalue weighted by molar-refractivity contribution is 7.99. The highest BCUT2D eigenvalue weighted by atomic mass is 32.2. The Hall–Kier alpha value is -1.32. The summed E-state index contributed by atoms with van der Waals surface area (Å²) < 4.78 is 0. The molecule has 0 aliphatic carbocycles. The van der Waals surface area contributed by atoms with Gasteiger partial charge in [0.05, 0.1) is 6.04 Å². The van der Waals surface area contributed by atoms with Gasteiger partial charge in [0.2, 0.25) is 0 Å². The van der Waals surface area contributed by atoms with Crippen molar-refractivity contribution in [2.45, 2.75) is 6.04 Å². The van der Waals surface area contributed by atoms with E-state index in [1.54, 1.807) is 0 Å². The van der Waals surface area contributed by atoms with Gasteiger partial charge in [0, 0.05) is 23.6 Å². The molecule has 1 atom stereocenters. The van der Waals surface area contributed by atoms with Gasteiger partial charge in [-0.05, 0) is 23.9 Å². The maximum atomic E-state index is 12.6. The molecule has 0 aromatic heterocycles. The molecule has 3 rings (SSSR count). The van der Waals surface area contributed by atoms with Crippen LogP contribution in [0, 0.1) is 0 Å². The fourth-order valence-electron chi connectivity index (χ4n) is 2.50. The molecule has 1 aliphatic heterocycles. The van der Waals surface area contributed by atoms with E-state index in [1.165, 1.54) is 5.39 Å². The van der Waals surface area contributed by atoms with E-state index in [0.717, 1.165) is 29.0 Å². The highest BCUT2D eigenvalue weighted by Crippen LogP contribution is 2.21. The predicted molar refractivity (Wildman–Crippen MR) is 82.0 cm³/mol. The van der Waals surface area contributed by atoms with Crippen molar-refractivity contribution in [2.24, 2.45) is 0 Å². The van der Waals surface area contributed by atoms with Crippen LogP contribution in [0.5, 0.6) is 0 Å². The Bertz CT molecular complexity index is 610. The number of Topliss-reactive ketones (excluding diaryl/α,β-unsaturated/α-hetero) is 1. The maximum Gasteiger partial charge on any atom is 0.180 e. The minimum Gasteiger partial charge on any atom is -0.295 e. The molecule has 0 amide bonds. The van der Waals surface area contributed by atoms with Crippen LogP contribution in [0.3, 0.4) is 0 Å². The van der Waals surface area contributed by atoms with Gasteiger partial charge in [-0.3, -0.25) is 9.69 Å². The Morgan fingerprint density at radius 1 is 1.21 bits per heavy atom. The fraction of sp³-hybridized carbons (Fsp3) is 0.312. The van der Waals surface area contributed by atoms with Gasteiger partial charge in [-0.2, -0.15) is 11.8 Å². The van der Waals surface area contributed by atoms with Crippen molar-refractivity contribution >= 4 is 28.3 Å². The van der Waals surface area contributed by atoms with Gasteiger partial charge in [-0.1, -0.05) is 36.4 Å². The Kier molecular flexibility index (Phi) is 3.58. The van der Waals surface area contributed by atoms with E-state index in [9.17, 15) is 4.79 Å². The summed E-state index contributed by atoms with van der Waals surface area (Å²) in [7, 11) is 2.04. The zero-order chi connectivity index (χ0) is 13.2. The maximum absolute atomic E-state index is 12.6. The van der Waals surface area contributed by atoms with Crippen LogP contribution in [0.1, 0.15) is 10.4 Å². The second-order valence-electron chi connectivity index (χ2n) is 5.00. The van der Waals surface area contributed by atoms with Crippen LogP contribution in [-0.2, 0) is 0 Å². The van der Waals surface area contributed by atoms with Gasteiger partial charge in [0.1, 0.15) is 0 Å². The monoisotopic (exact) mass is 271 g/mol. The Morgan fingerprint density at radius 2 is 2.00 bits per heavy atom. The van der Waals surface area contributed by atoms with Crippen LogP contribution in [-0.4, -0.2) is 41.8 Å². The summed E-state index contributed by atoms with van der Waals surface area (Å²) in [6, 6.07) is 14.2. The molecule has 98 valence electrons. The number of benzene rings is 2. The first-order valence-electron chi connectivity index (χ1n) is 6.57. The summed E-state index contributed by atoms with van der Waals surface area (Å²) in [6.07, 6.45) is 0. The van der Waals surface area contributed by atoms with Crippen molar-refractivity contribution in [1.29, 1.82) is 0 Å². The van der Waals surface area contributed by atoms with Crippen LogP contribution in [0.4, 0.5) is 0 Å². The Morgan fingerprint density at radius 3 is 2.79 bits per heavy atom. The molecular formula is C16H17NOS. The van der Waals surface area contributed by atoms with Crippen molar-refractivity contribution in [3.63, 3.8) is 0 Å². The lowest BCUT2D eigenvalue weighted by molar-refractivity contribution is 0.0874. The molecule has 0 spiro atoms. The van der Waals surface area contributed by atoms with Gasteiger partial charge < -0.3 is 0 Å². The average Bonchev–Trinajstić information content (AvgIpc) is 2.46. The van der Waals surface area contributed by atoms with E-state index < -0.39 is 0 Å². The van der Waals surface area contributed by atoms with Crippen molar-refractivity contribution in [1.82, 2.24) is 4.90 Å². The molecule has 3 heteroatoms. The van der Waals surface area contributed by atoms with E-state index in [2.05, 4.69) is 17.0 Å². The molecule has 0 N–H and O–H groups in total. The average molecular weight is 271 g/mol. The predicted octanol–water partition coefficient (Wildman–Crippen LogP) is 3.07. The summed E-state index contributed by atoms with van der Waals surface area (Å²) >= 11 is 1.87. The lowest BCUT2D eigenvalue weighted by Crippen LogP contribution is -2.44. The van der Waals surface area contributed by atoms with Crippen molar-refractivity contribution in [3.05, 3.63) is 48.0 Å². The third-order valence-electron chi connectivity index (χ3n) is 3.73. The number of likely N-dealkylation sites (N-methyl/N-ethyl adjacent to an activating group) is 1. The standard InChI is InChI=1S/C16H17NOS/c1-17-8-9-19-11-15(17)16(18)14-7-6-12-4-2-3-5-13(12)10-14/h2-7,10,15H,8-9,11H2,1H3. The topological polar surface area (TPSA) is 20.3 Å². The summed E-state index contributed by atoms with van der Waals surface area (Å²) in [4.78, 5) is 14.8. The fourth-order valence-corrected chi connectivity index (χ4v) is 3.71. The minimum absolute atomic E-state index is 0.0277. The van der Waals surface area contributed by atoms with E-state index in [-0.39, 0.29) is 11.8 Å². The molecule has 19 heavy (non-hydrogen) atoms. The molecule has 0 radical (unpaired) electrons. The Balaban J connectivity index is 1.92. The molecule has 0 saturated carbocycles. The number of nitrogens with zero attached hydrogens (tertiary/aromatic N) is 1. The van der Waals surface area contributed by atoms with Crippen LogP contribution in [0.25, 0.3) is 10.8 Å². The molecule has 1 heterocycles. The summed E-state index contributed by atoms with van der Waals surface area (Å²) in [5.74, 6) is 2.28. The molecular weight excluding hydrogens is 254 g/mol. The molecule has 1 unspecified atom stereocenters. The van der Waals surface area contributed by atoms with Crippen LogP contribution >= 0.6 is 11.8 Å². The van der Waals surface area contributed by atoms with E-state index in [1.807, 2.05) is 49.1 Å². The van der Waals surface area contributed by atoms with E-state index in [4.69, 9.17) is 0 Å². The molecule has 1 saturated heterocycles. The smallest absolute Gasteiger partial charge is 0.180 e. The molecule has 1 fully saturated rings. The van der Waals surface area contributed by atoms with Crippen LogP contribution in [0.2, 0.25) is 0 Å². The molecule has 2 aromatic rings. The van der Waals surface area contributed by atoms with Crippen LogP contribution < -0.4 is 0 Å². The summed E-state index contributed by atoms with van der Waals surface area (Å²) in [5.41, 5.74) is 0.832. The number of carbonyl (C=O) groups is 1. The number of thioether (sulfide) groups is 1. The zero-order valence-electron chi connectivity index (χ0n) is 11.0. The lowest BCUT2D eigenvalue weighted by atomic mass is 10.0. The van der Waals surface area contributed by atoms with Gasteiger partial charge in [-0.15, -0.1) is 0 Å². The summed E-state index contributed by atoms with van der Waals surface area (Å²) in [6.45, 7) is 0.995. The number of fused-ring (bicyclic) bond motifs is 1. The van der Waals surface area contributed by atoms with E-state index in [0.29, 0.717) is 0 Å². The number of ketones is 1. The van der Waals surface area contributed by atoms with Gasteiger partial charge in [-0.25, -0.2) is 0 Å². The van der Waals surface area contributed by atoms with Gasteiger partial charge >= 0.3 is 0 Å². The zero-order valence-corrected chi connectivity index (χ0v) is 11.8. The minimum atomic E-state index is 0.0277. The Labute approximate surface area is 117 Å². The normalized spacial score (nSPS) is 20.6. The first-order chi connectivity index (χ1) is 9.25. The molecule has 0 bridgehead atoms. The van der Waals surface area contributed by atoms with E-state index >= 15 is 0 Å². The molecule has 1 aliphatic rings. The quantitative estimate of drug-likeness (QED) is 0.783. The molecule has 2 aromatic carbocycles. The first-order valence-corrected chi connectivity index (χ1v) is 7.72. The summed E-state index contributed by atoms with van der Waals surface area (Å²) in [5, 5.41) is 2.32. The first kappa shape index (κ1) is 12.7. The second kappa shape index (κ2) is 5.35. The van der Waals surface area contributed by atoms with Gasteiger partial charge in [0.25, 0.3) is 0 Å². The van der Waals surface area contributed by atoms with Gasteiger partial charge in [0.15, 0.2) is 5.78 Å². The second-order valence-corrected chi connectivity index (χ2v) is 6.15. The third-order valence-corrected chi connectivity index (χ3v) is 4.76. The largest absolute Gasteiger partial charge is 0.295 e. The number of hydrogen-bond donors (Lipinski definition) is 0. The SMILES string of the molecule is CN1CCSCC1C(=O)c1ccc2ccccc2c1. The highest BCUT2D eigenvalue weighted by Gasteiger charge is 2.27. The molecule has 2 nitrogen and oxygen atoms in total. The number of rotatable bonds is 2. The number of hydrogen-bond acceptors (Lipinski definition) is 3. The van der Waals surface area contributed by atoms with Crippen LogP contribution in [0.15, 0.2) is 42.5 Å². The lowest BCUT2D eigenvalue weighted by Gasteiger charge is -2.30. The van der Waals surface area contributed by atoms with Crippen molar-refractivity contribution in [3.8, 4) is 0 Å². The number of carbonyl (C=O) groups excluding carboxylic acids is 1. The van der Waals surface area contributed by atoms with Crippen molar-refractivity contribution in [2.75, 3.05) is 25.1 Å².